The number of unbranched alkanes of at least 4 members (excludes halogenated alkanes) is 11. The number of esters is 3. The van der Waals surface area contributed by atoms with Gasteiger partial charge in [0.2, 0.25) is 0 Å². The van der Waals surface area contributed by atoms with Crippen LogP contribution in [0, 0.1) is 0 Å². The van der Waals surface area contributed by atoms with Crippen molar-refractivity contribution in [3.8, 4) is 0 Å². The van der Waals surface area contributed by atoms with Crippen molar-refractivity contribution in [1.29, 1.82) is 0 Å². The molecule has 0 amide bonds. The maximum absolute atomic E-state index is 12.8. The summed E-state index contributed by atoms with van der Waals surface area (Å²) in [6.07, 6.45) is 100. The van der Waals surface area contributed by atoms with E-state index in [2.05, 4.69) is 215 Å². The minimum absolute atomic E-state index is 0.121. The highest BCUT2D eigenvalue weighted by Crippen LogP contribution is 2.12. The number of allylic oxidation sites excluding steroid dienone is 32. The highest BCUT2D eigenvalue weighted by Gasteiger charge is 2.19. The van der Waals surface area contributed by atoms with Gasteiger partial charge in [-0.2, -0.15) is 0 Å². The molecule has 0 saturated carbocycles. The van der Waals surface area contributed by atoms with Gasteiger partial charge in [0.05, 0.1) is 0 Å². The number of hydrogen-bond donors (Lipinski definition) is 0. The van der Waals surface area contributed by atoms with Crippen LogP contribution in [0.5, 0.6) is 0 Å². The average Bonchev–Trinajstić information content (AvgIpc) is 3.46. The maximum atomic E-state index is 12.8. The second-order valence-electron chi connectivity index (χ2n) is 19.9. The minimum atomic E-state index is -0.832. The van der Waals surface area contributed by atoms with Gasteiger partial charge >= 0.3 is 17.9 Å². The molecule has 0 N–H and O–H groups in total. The molecule has 0 aliphatic carbocycles. The van der Waals surface area contributed by atoms with Crippen molar-refractivity contribution < 1.29 is 28.6 Å². The van der Waals surface area contributed by atoms with Crippen LogP contribution in [0.25, 0.3) is 0 Å². The third-order valence-electron chi connectivity index (χ3n) is 12.3. The molecule has 1 unspecified atom stereocenters. The van der Waals surface area contributed by atoms with E-state index in [1.54, 1.807) is 0 Å². The normalized spacial score (nSPS) is 13.5. The SMILES string of the molecule is CC/C=C\C/C=C\C/C=C\C/C=C\C/C=C\C/C=C\C/C=C\C/C=C\C/C=C\CCCCCC(=O)OCC(COC(=O)CCCCCCCCCC)OC(=O)CCC/C=C\C/C=C\C/C=C\C/C=C\C/C=C\C/C=C\C/C=C\CC. The molecule has 0 aliphatic heterocycles. The molecule has 0 spiro atoms. The lowest BCUT2D eigenvalue weighted by Gasteiger charge is -2.18. The average molecular weight is 1100 g/mol. The molecular weight excluding hydrogens is 985 g/mol. The maximum Gasteiger partial charge on any atom is 0.306 e. The predicted molar refractivity (Wildman–Crippen MR) is 347 cm³/mol. The van der Waals surface area contributed by atoms with Crippen molar-refractivity contribution in [1.82, 2.24) is 0 Å². The summed E-state index contributed by atoms with van der Waals surface area (Å²) in [5.41, 5.74) is 0. The molecule has 0 aromatic rings. The molecule has 0 aliphatic rings. The van der Waals surface area contributed by atoms with Crippen molar-refractivity contribution in [3.05, 3.63) is 194 Å². The first kappa shape index (κ1) is 74.2. The summed E-state index contributed by atoms with van der Waals surface area (Å²) in [5.74, 6) is -1.03. The van der Waals surface area contributed by atoms with E-state index in [-0.39, 0.29) is 37.5 Å². The van der Waals surface area contributed by atoms with Gasteiger partial charge in [-0.25, -0.2) is 0 Å². The fraction of sp³-hybridized carbons (Fsp3) is 0.527. The van der Waals surface area contributed by atoms with E-state index in [1.807, 2.05) is 0 Å². The van der Waals surface area contributed by atoms with E-state index in [0.717, 1.165) is 154 Å². The van der Waals surface area contributed by atoms with E-state index < -0.39 is 6.10 Å². The zero-order valence-electron chi connectivity index (χ0n) is 50.8. The van der Waals surface area contributed by atoms with E-state index >= 15 is 0 Å². The number of hydrogen-bond acceptors (Lipinski definition) is 6. The van der Waals surface area contributed by atoms with Gasteiger partial charge in [-0.1, -0.05) is 267 Å². The molecule has 0 aromatic carbocycles. The molecule has 0 heterocycles. The van der Waals surface area contributed by atoms with Crippen LogP contribution in [0.1, 0.15) is 233 Å². The van der Waals surface area contributed by atoms with Gasteiger partial charge in [-0.15, -0.1) is 0 Å². The zero-order valence-corrected chi connectivity index (χ0v) is 50.8. The molecule has 0 bridgehead atoms. The van der Waals surface area contributed by atoms with Crippen LogP contribution in [-0.2, 0) is 28.6 Å². The highest BCUT2D eigenvalue weighted by molar-refractivity contribution is 5.71. The van der Waals surface area contributed by atoms with Gasteiger partial charge < -0.3 is 14.2 Å². The minimum Gasteiger partial charge on any atom is -0.462 e. The molecule has 0 aromatic heterocycles. The fourth-order valence-corrected chi connectivity index (χ4v) is 7.72. The summed E-state index contributed by atoms with van der Waals surface area (Å²) in [6, 6.07) is 0. The smallest absolute Gasteiger partial charge is 0.306 e. The molecule has 80 heavy (non-hydrogen) atoms. The van der Waals surface area contributed by atoms with Crippen LogP contribution >= 0.6 is 0 Å². The number of rotatable bonds is 54. The molecule has 0 rings (SSSR count). The Labute approximate surface area is 490 Å². The lowest BCUT2D eigenvalue weighted by atomic mass is 10.1. The summed E-state index contributed by atoms with van der Waals surface area (Å²) < 4.78 is 16.7. The highest BCUT2D eigenvalue weighted by atomic mass is 16.6. The Kier molecular flexibility index (Phi) is 61.0. The lowest BCUT2D eigenvalue weighted by Crippen LogP contribution is -2.30. The molecular formula is C74H112O6. The fourth-order valence-electron chi connectivity index (χ4n) is 7.72. The van der Waals surface area contributed by atoms with Crippen molar-refractivity contribution in [2.75, 3.05) is 13.2 Å². The summed E-state index contributed by atoms with van der Waals surface area (Å²) in [6.45, 7) is 6.28. The predicted octanol–water partition coefficient (Wildman–Crippen LogP) is 21.8. The Morgan fingerprint density at radius 1 is 0.263 bits per heavy atom. The first-order valence-electron chi connectivity index (χ1n) is 31.4. The summed E-state index contributed by atoms with van der Waals surface area (Å²) in [5, 5.41) is 0. The standard InChI is InChI=1S/C74H112O6/c1-4-7-10-13-16-19-21-23-25-27-29-31-33-34-35-36-37-38-39-40-42-43-45-47-49-51-53-55-58-61-64-67-73(76)79-70-71(69-78-72(75)66-63-60-57-18-15-12-9-6-3)80-74(77)68-65-62-59-56-54-52-50-48-46-44-41-32-30-28-26-24-22-20-17-14-11-8-5-2/h7-8,10-11,16-17,19-20,23-26,29-32,34-35,37-38,40,42,44-47,50-53,56,59,71H,4-6,9,12-15,18,21-22,27-28,33,36,39,41,43,48-49,54-55,57-58,60-70H2,1-3H3/b10-7-,11-8-,19-16-,20-17-,25-23-,26-24-,31-29-,32-30-,35-34-,38-37-,42-40-,46-44-,47-45-,52-50-,53-51-,59-56-. The summed E-state index contributed by atoms with van der Waals surface area (Å²) in [7, 11) is 0. The number of ether oxygens (including phenoxy) is 3. The van der Waals surface area contributed by atoms with Gasteiger partial charge in [-0.05, 0) is 141 Å². The summed E-state index contributed by atoms with van der Waals surface area (Å²) >= 11 is 0. The third kappa shape index (κ3) is 63.1. The topological polar surface area (TPSA) is 78.9 Å². The zero-order chi connectivity index (χ0) is 57.8. The number of carbonyl (C=O) groups is 3. The third-order valence-corrected chi connectivity index (χ3v) is 12.3. The van der Waals surface area contributed by atoms with Gasteiger partial charge in [0.25, 0.3) is 0 Å². The molecule has 0 radical (unpaired) electrons. The van der Waals surface area contributed by atoms with Crippen LogP contribution in [0.15, 0.2) is 194 Å². The second kappa shape index (κ2) is 65.8. The van der Waals surface area contributed by atoms with Crippen LogP contribution < -0.4 is 0 Å². The molecule has 0 saturated heterocycles. The first-order chi connectivity index (χ1) is 39.5. The Bertz CT molecular complexity index is 1930. The van der Waals surface area contributed by atoms with Gasteiger partial charge in [0.15, 0.2) is 6.10 Å². The van der Waals surface area contributed by atoms with Crippen LogP contribution in [0.3, 0.4) is 0 Å². The molecule has 6 nitrogen and oxygen atoms in total. The van der Waals surface area contributed by atoms with E-state index in [9.17, 15) is 14.4 Å². The number of carbonyl (C=O) groups excluding carboxylic acids is 3. The quantitative estimate of drug-likeness (QED) is 0.0261. The van der Waals surface area contributed by atoms with E-state index in [1.165, 1.54) is 32.1 Å². The molecule has 6 heteroatoms. The van der Waals surface area contributed by atoms with Crippen LogP contribution in [0.4, 0.5) is 0 Å². The molecule has 444 valence electrons. The monoisotopic (exact) mass is 1100 g/mol. The van der Waals surface area contributed by atoms with Crippen molar-refractivity contribution >= 4 is 17.9 Å². The Morgan fingerprint density at radius 2 is 0.500 bits per heavy atom. The lowest BCUT2D eigenvalue weighted by molar-refractivity contribution is -0.167. The van der Waals surface area contributed by atoms with Crippen molar-refractivity contribution in [2.45, 2.75) is 239 Å². The van der Waals surface area contributed by atoms with Crippen molar-refractivity contribution in [3.63, 3.8) is 0 Å². The van der Waals surface area contributed by atoms with Gasteiger partial charge in [0.1, 0.15) is 13.2 Å². The Morgan fingerprint density at radius 3 is 0.800 bits per heavy atom. The van der Waals surface area contributed by atoms with Gasteiger partial charge in [-0.3, -0.25) is 14.4 Å². The van der Waals surface area contributed by atoms with E-state index in [4.69, 9.17) is 14.2 Å². The summed E-state index contributed by atoms with van der Waals surface area (Å²) in [4.78, 5) is 38.1. The second-order valence-corrected chi connectivity index (χ2v) is 19.9. The Balaban J connectivity index is 4.41. The van der Waals surface area contributed by atoms with Gasteiger partial charge in [0, 0.05) is 19.3 Å². The Hall–Kier alpha value is -5.75. The molecule has 1 atom stereocenters. The van der Waals surface area contributed by atoms with E-state index in [0.29, 0.717) is 19.3 Å². The van der Waals surface area contributed by atoms with Crippen LogP contribution in [0.2, 0.25) is 0 Å². The largest absolute Gasteiger partial charge is 0.462 e. The first-order valence-corrected chi connectivity index (χ1v) is 31.4. The van der Waals surface area contributed by atoms with Crippen molar-refractivity contribution in [2.24, 2.45) is 0 Å². The van der Waals surface area contributed by atoms with Crippen LogP contribution in [-0.4, -0.2) is 37.2 Å². The molecule has 0 fully saturated rings.